The molecular formula is C15H16N2O4S. The van der Waals surface area contributed by atoms with Crippen molar-refractivity contribution in [3.8, 4) is 0 Å². The number of sulfonamides is 1. The number of nitro groups is 1. The van der Waals surface area contributed by atoms with Gasteiger partial charge in [-0.15, -0.1) is 0 Å². The maximum atomic E-state index is 12.3. The third-order valence-electron chi connectivity index (χ3n) is 3.22. The molecule has 0 unspecified atom stereocenters. The molecule has 0 heterocycles. The van der Waals surface area contributed by atoms with Gasteiger partial charge in [-0.1, -0.05) is 42.5 Å². The van der Waals surface area contributed by atoms with Crippen molar-refractivity contribution in [1.82, 2.24) is 4.31 Å². The maximum absolute atomic E-state index is 12.3. The first-order valence-electron chi connectivity index (χ1n) is 6.60. The predicted molar refractivity (Wildman–Crippen MR) is 83.6 cm³/mol. The van der Waals surface area contributed by atoms with Crippen molar-refractivity contribution in [1.29, 1.82) is 0 Å². The van der Waals surface area contributed by atoms with Gasteiger partial charge in [-0.05, 0) is 11.1 Å². The molecule has 0 atom stereocenters. The molecule has 0 aliphatic heterocycles. The van der Waals surface area contributed by atoms with Crippen LogP contribution in [0.15, 0.2) is 54.6 Å². The van der Waals surface area contributed by atoms with E-state index in [4.69, 9.17) is 0 Å². The molecule has 0 amide bonds. The van der Waals surface area contributed by atoms with Gasteiger partial charge in [-0.25, -0.2) is 12.7 Å². The Morgan fingerprint density at radius 2 is 1.59 bits per heavy atom. The summed E-state index contributed by atoms with van der Waals surface area (Å²) >= 11 is 0. The summed E-state index contributed by atoms with van der Waals surface area (Å²) in [6.07, 6.45) is 0. The summed E-state index contributed by atoms with van der Waals surface area (Å²) in [7, 11) is -1.96. The first-order chi connectivity index (χ1) is 10.4. The van der Waals surface area contributed by atoms with Gasteiger partial charge in [0.05, 0.1) is 10.7 Å². The molecule has 0 aliphatic carbocycles. The Kier molecular flexibility index (Phi) is 4.89. The zero-order valence-corrected chi connectivity index (χ0v) is 12.9. The molecule has 0 N–H and O–H groups in total. The average Bonchev–Trinajstić information content (AvgIpc) is 2.48. The van der Waals surface area contributed by atoms with E-state index in [0.717, 1.165) is 5.56 Å². The Labute approximate surface area is 129 Å². The second kappa shape index (κ2) is 6.67. The molecule has 0 radical (unpaired) electrons. The third kappa shape index (κ3) is 4.12. The zero-order valence-electron chi connectivity index (χ0n) is 12.0. The van der Waals surface area contributed by atoms with Gasteiger partial charge >= 0.3 is 0 Å². The zero-order chi connectivity index (χ0) is 16.2. The number of non-ortho nitro benzene ring substituents is 1. The van der Waals surface area contributed by atoms with E-state index in [2.05, 4.69) is 0 Å². The molecule has 2 aromatic carbocycles. The third-order valence-corrected chi connectivity index (χ3v) is 5.00. The topological polar surface area (TPSA) is 80.5 Å². The molecular weight excluding hydrogens is 304 g/mol. The number of hydrogen-bond acceptors (Lipinski definition) is 4. The Hall–Kier alpha value is -2.25. The molecule has 7 heteroatoms. The van der Waals surface area contributed by atoms with Crippen molar-refractivity contribution in [2.45, 2.75) is 12.3 Å². The van der Waals surface area contributed by atoms with E-state index < -0.39 is 14.9 Å². The molecule has 6 nitrogen and oxygen atoms in total. The first kappa shape index (κ1) is 16.1. The van der Waals surface area contributed by atoms with Crippen molar-refractivity contribution in [2.75, 3.05) is 7.05 Å². The van der Waals surface area contributed by atoms with Crippen molar-refractivity contribution in [3.63, 3.8) is 0 Å². The lowest BCUT2D eigenvalue weighted by molar-refractivity contribution is -0.384. The molecule has 0 saturated heterocycles. The number of nitro benzene ring substituents is 1. The molecule has 2 rings (SSSR count). The number of nitrogens with zero attached hydrogens (tertiary/aromatic N) is 2. The van der Waals surface area contributed by atoms with Gasteiger partial charge < -0.3 is 0 Å². The lowest BCUT2D eigenvalue weighted by atomic mass is 10.2. The minimum absolute atomic E-state index is 0.0567. The maximum Gasteiger partial charge on any atom is 0.269 e. The molecule has 0 spiro atoms. The van der Waals surface area contributed by atoms with Gasteiger partial charge in [-0.3, -0.25) is 10.1 Å². The van der Waals surface area contributed by atoms with Gasteiger partial charge in [0.15, 0.2) is 0 Å². The van der Waals surface area contributed by atoms with Crippen LogP contribution >= 0.6 is 0 Å². The van der Waals surface area contributed by atoms with E-state index in [0.29, 0.717) is 5.56 Å². The van der Waals surface area contributed by atoms with E-state index in [1.807, 2.05) is 30.3 Å². The number of rotatable bonds is 6. The van der Waals surface area contributed by atoms with Gasteiger partial charge in [0.1, 0.15) is 0 Å². The Morgan fingerprint density at radius 3 is 2.14 bits per heavy atom. The Morgan fingerprint density at radius 1 is 1.00 bits per heavy atom. The molecule has 116 valence electrons. The summed E-state index contributed by atoms with van der Waals surface area (Å²) in [6.45, 7) is 0.288. The fraction of sp³-hybridized carbons (Fsp3) is 0.200. The molecule has 2 aromatic rings. The molecule has 0 aromatic heterocycles. The van der Waals surface area contributed by atoms with Crippen LogP contribution in [0, 0.1) is 10.1 Å². The van der Waals surface area contributed by atoms with Gasteiger partial charge in [0, 0.05) is 25.7 Å². The van der Waals surface area contributed by atoms with Crippen LogP contribution < -0.4 is 0 Å². The first-order valence-corrected chi connectivity index (χ1v) is 8.21. The predicted octanol–water partition coefficient (Wildman–Crippen LogP) is 2.56. The van der Waals surface area contributed by atoms with Gasteiger partial charge in [0.25, 0.3) is 5.69 Å². The molecule has 0 saturated carbocycles. The fourth-order valence-electron chi connectivity index (χ4n) is 1.97. The van der Waals surface area contributed by atoms with Crippen molar-refractivity contribution < 1.29 is 13.3 Å². The lowest BCUT2D eigenvalue weighted by Gasteiger charge is -2.17. The van der Waals surface area contributed by atoms with E-state index in [9.17, 15) is 18.5 Å². The Bertz CT molecular complexity index is 743. The van der Waals surface area contributed by atoms with Crippen LogP contribution in [0.1, 0.15) is 11.1 Å². The molecule has 0 fully saturated rings. The highest BCUT2D eigenvalue weighted by atomic mass is 32.2. The van der Waals surface area contributed by atoms with Crippen LogP contribution in [0.2, 0.25) is 0 Å². The van der Waals surface area contributed by atoms with Crippen LogP contribution in [0.5, 0.6) is 0 Å². The quantitative estimate of drug-likeness (QED) is 0.605. The summed E-state index contributed by atoms with van der Waals surface area (Å²) in [5.41, 5.74) is 1.36. The summed E-state index contributed by atoms with van der Waals surface area (Å²) in [4.78, 5) is 10.1. The average molecular weight is 320 g/mol. The smallest absolute Gasteiger partial charge is 0.258 e. The van der Waals surface area contributed by atoms with E-state index >= 15 is 0 Å². The highest BCUT2D eigenvalue weighted by molar-refractivity contribution is 7.88. The lowest BCUT2D eigenvalue weighted by Crippen LogP contribution is -2.27. The standard InChI is InChI=1S/C15H16N2O4S/c1-16(11-13-5-3-2-4-6-13)22(20,21)12-14-7-9-15(10-8-14)17(18)19/h2-10H,11-12H2,1H3. The Balaban J connectivity index is 2.08. The van der Waals surface area contributed by atoms with Gasteiger partial charge in [-0.2, -0.15) is 0 Å². The highest BCUT2D eigenvalue weighted by Crippen LogP contribution is 2.16. The van der Waals surface area contributed by atoms with E-state index in [1.54, 1.807) is 0 Å². The molecule has 0 aliphatic rings. The molecule has 22 heavy (non-hydrogen) atoms. The normalized spacial score (nSPS) is 11.5. The largest absolute Gasteiger partial charge is 0.269 e. The van der Waals surface area contributed by atoms with E-state index in [-0.39, 0.29) is 18.0 Å². The summed E-state index contributed by atoms with van der Waals surface area (Å²) < 4.78 is 25.9. The van der Waals surface area contributed by atoms with Crippen molar-refractivity contribution in [3.05, 3.63) is 75.8 Å². The monoisotopic (exact) mass is 320 g/mol. The van der Waals surface area contributed by atoms with Crippen LogP contribution in [0.4, 0.5) is 5.69 Å². The minimum atomic E-state index is -3.48. The second-order valence-electron chi connectivity index (χ2n) is 4.92. The van der Waals surface area contributed by atoms with E-state index in [1.165, 1.54) is 35.6 Å². The SMILES string of the molecule is CN(Cc1ccccc1)S(=O)(=O)Cc1ccc([N+](=O)[O-])cc1. The fourth-order valence-corrected chi connectivity index (χ4v) is 3.15. The van der Waals surface area contributed by atoms with Gasteiger partial charge in [0.2, 0.25) is 10.0 Å². The van der Waals surface area contributed by atoms with Crippen LogP contribution in [-0.2, 0) is 22.3 Å². The number of benzene rings is 2. The number of hydrogen-bond donors (Lipinski definition) is 0. The van der Waals surface area contributed by atoms with Crippen LogP contribution in [0.3, 0.4) is 0 Å². The second-order valence-corrected chi connectivity index (χ2v) is 7.00. The summed E-state index contributed by atoms with van der Waals surface area (Å²) in [5, 5.41) is 10.6. The summed E-state index contributed by atoms with van der Waals surface area (Å²) in [5.74, 6) is -0.186. The summed E-state index contributed by atoms with van der Waals surface area (Å²) in [6, 6.07) is 14.8. The molecule has 0 bridgehead atoms. The van der Waals surface area contributed by atoms with Crippen LogP contribution in [0.25, 0.3) is 0 Å². The van der Waals surface area contributed by atoms with Crippen molar-refractivity contribution >= 4 is 15.7 Å². The van der Waals surface area contributed by atoms with Crippen molar-refractivity contribution in [2.24, 2.45) is 0 Å². The van der Waals surface area contributed by atoms with Crippen LogP contribution in [-0.4, -0.2) is 24.7 Å². The minimum Gasteiger partial charge on any atom is -0.258 e. The highest BCUT2D eigenvalue weighted by Gasteiger charge is 2.19.